The Kier molecular flexibility index (Phi) is 12.2. The Morgan fingerprint density at radius 2 is 2.00 bits per heavy atom. The molecule has 0 spiro atoms. The normalized spacial score (nSPS) is 17.5. The number of nitrogens with two attached hydrogens (primary N) is 1. The number of piperidine rings is 1. The summed E-state index contributed by atoms with van der Waals surface area (Å²) in [6, 6.07) is 11.2. The molecule has 1 aliphatic heterocycles. The molecule has 12 heteroatoms. The Morgan fingerprint density at radius 3 is 2.65 bits per heavy atom. The topological polar surface area (TPSA) is 150 Å². The van der Waals surface area contributed by atoms with Crippen molar-refractivity contribution in [1.29, 1.82) is 0 Å². The number of hydrogen-bond acceptors (Lipinski definition) is 7. The van der Waals surface area contributed by atoms with Crippen molar-refractivity contribution in [2.75, 3.05) is 32.4 Å². The van der Waals surface area contributed by atoms with Gasteiger partial charge in [0.15, 0.2) is 0 Å². The highest BCUT2D eigenvalue weighted by Crippen LogP contribution is 2.38. The summed E-state index contributed by atoms with van der Waals surface area (Å²) in [7, 11) is -3.55. The van der Waals surface area contributed by atoms with Crippen LogP contribution in [-0.4, -0.2) is 72.6 Å². The first-order valence-corrected chi connectivity index (χ1v) is 17.1. The molecule has 0 aliphatic carbocycles. The van der Waals surface area contributed by atoms with Gasteiger partial charge in [0.25, 0.3) is 0 Å². The van der Waals surface area contributed by atoms with E-state index in [1.54, 1.807) is 45.0 Å². The van der Waals surface area contributed by atoms with Crippen LogP contribution in [0.5, 0.6) is 5.75 Å². The third-order valence-corrected chi connectivity index (χ3v) is 11.2. The molecule has 1 amide bonds. The average Bonchev–Trinajstić information content (AvgIpc) is 2.97. The van der Waals surface area contributed by atoms with Crippen molar-refractivity contribution >= 4 is 31.0 Å². The number of nitrogens with zero attached hydrogens (tertiary/aromatic N) is 2. The molecule has 4 N–H and O–H groups in total. The fraction of sp³-hybridized carbons (Fsp3) is 0.484. The summed E-state index contributed by atoms with van der Waals surface area (Å²) in [5, 5.41) is 20.3. The number of aliphatic carboxylic acids is 1. The summed E-state index contributed by atoms with van der Waals surface area (Å²) in [5.41, 5.74) is 7.58. The summed E-state index contributed by atoms with van der Waals surface area (Å²) in [4.78, 5) is 25.1. The van der Waals surface area contributed by atoms with Gasteiger partial charge in [-0.05, 0) is 80.3 Å². The molecule has 1 saturated heterocycles. The number of carbonyl (C=O) groups excluding carboxylic acids is 1. The number of hydrogen-bond donors (Lipinski definition) is 3. The van der Waals surface area contributed by atoms with Crippen LogP contribution in [0.1, 0.15) is 56.4 Å². The second-order valence-corrected chi connectivity index (χ2v) is 14.6. The minimum Gasteiger partial charge on any atom is -0.507 e. The quantitative estimate of drug-likeness (QED) is 0.193. The molecule has 1 heterocycles. The van der Waals surface area contributed by atoms with E-state index in [0.717, 1.165) is 44.1 Å². The van der Waals surface area contributed by atoms with Crippen LogP contribution in [0.25, 0.3) is 0 Å². The lowest BCUT2D eigenvalue weighted by Gasteiger charge is -2.32. The number of rotatable bonds is 15. The molecular weight excluding hydrogens is 589 g/mol. The van der Waals surface area contributed by atoms with Gasteiger partial charge in [-0.3, -0.25) is 9.59 Å². The van der Waals surface area contributed by atoms with E-state index in [0.29, 0.717) is 31.3 Å². The van der Waals surface area contributed by atoms with Crippen molar-refractivity contribution in [2.24, 2.45) is 17.1 Å². The highest BCUT2D eigenvalue weighted by Gasteiger charge is 2.39. The van der Waals surface area contributed by atoms with Crippen LogP contribution in [0.15, 0.2) is 58.9 Å². The van der Waals surface area contributed by atoms with E-state index in [2.05, 4.69) is 0 Å². The maximum Gasteiger partial charge on any atom is 0.312 e. The van der Waals surface area contributed by atoms with E-state index in [1.807, 2.05) is 23.7 Å². The van der Waals surface area contributed by atoms with Gasteiger partial charge < -0.3 is 25.6 Å². The third-order valence-electron chi connectivity index (χ3n) is 7.88. The molecule has 236 valence electrons. The first-order valence-electron chi connectivity index (χ1n) is 14.4. The van der Waals surface area contributed by atoms with Gasteiger partial charge in [0.05, 0.1) is 18.1 Å². The number of amides is 1. The van der Waals surface area contributed by atoms with Gasteiger partial charge in [-0.1, -0.05) is 45.8 Å². The molecule has 0 aromatic heterocycles. The molecule has 3 atom stereocenters. The zero-order valence-electron chi connectivity index (χ0n) is 25.3. The van der Waals surface area contributed by atoms with Crippen LogP contribution in [0, 0.1) is 18.3 Å². The van der Waals surface area contributed by atoms with Crippen LogP contribution < -0.4 is 5.73 Å². The number of aryl methyl sites for hydroxylation is 1. The van der Waals surface area contributed by atoms with E-state index in [1.165, 1.54) is 16.4 Å². The minimum atomic E-state index is -4.00. The average molecular weight is 634 g/mol. The Bertz CT molecular complexity index is 1410. The number of aromatic hydroxyl groups is 1. The van der Waals surface area contributed by atoms with Gasteiger partial charge in [0.2, 0.25) is 16.4 Å². The number of phenols is 1. The van der Waals surface area contributed by atoms with Crippen LogP contribution in [0.3, 0.4) is 0 Å². The molecule has 2 aromatic rings. The number of carboxylic acid groups (broad SMARTS) is 1. The third kappa shape index (κ3) is 8.79. The molecule has 1 aliphatic rings. The van der Waals surface area contributed by atoms with Crippen LogP contribution in [0.4, 0.5) is 0 Å². The fourth-order valence-electron chi connectivity index (χ4n) is 5.17. The standard InChI is InChI=1S/C31H44N3O7PS/c1-5-34(43(39,40)28-11-7-6-10-27(28)36)17-25-15-24(13-12-22(25)2)29(31(3,4)30(37)38)41-18-26(32)20-42-19-23-9-8-14-33(16-23)21-35/h6-7,10-13,15,20-21,23,29,36,42H,5,8-9,14,16-19,32H2,1-4H3,(H,37,38)/b26-20-. The molecule has 43 heavy (non-hydrogen) atoms. The minimum absolute atomic E-state index is 0.0267. The van der Waals surface area contributed by atoms with Gasteiger partial charge >= 0.3 is 5.97 Å². The highest BCUT2D eigenvalue weighted by atomic mass is 32.2. The van der Waals surface area contributed by atoms with Gasteiger partial charge in [-0.25, -0.2) is 8.42 Å². The number of para-hydroxylation sites is 1. The van der Waals surface area contributed by atoms with E-state index < -0.39 is 27.5 Å². The zero-order valence-corrected chi connectivity index (χ0v) is 27.1. The van der Waals surface area contributed by atoms with Crippen molar-refractivity contribution in [3.63, 3.8) is 0 Å². The van der Waals surface area contributed by atoms with Gasteiger partial charge in [-0.2, -0.15) is 4.31 Å². The first-order chi connectivity index (χ1) is 20.3. The summed E-state index contributed by atoms with van der Waals surface area (Å²) in [6.07, 6.45) is 3.03. The summed E-state index contributed by atoms with van der Waals surface area (Å²) in [5.74, 6) is 0.993. The number of phenolic OH excluding ortho intramolecular Hbond substituents is 1. The lowest BCUT2D eigenvalue weighted by Crippen LogP contribution is -2.35. The van der Waals surface area contributed by atoms with E-state index >= 15 is 0 Å². The highest BCUT2D eigenvalue weighted by molar-refractivity contribution is 7.89. The number of ether oxygens (including phenoxy) is 1. The first kappa shape index (κ1) is 34.5. The van der Waals surface area contributed by atoms with Gasteiger partial charge in [-0.15, -0.1) is 0 Å². The monoisotopic (exact) mass is 633 g/mol. The number of carboxylic acids is 1. The smallest absolute Gasteiger partial charge is 0.312 e. The lowest BCUT2D eigenvalue weighted by atomic mass is 9.81. The number of benzene rings is 2. The predicted molar refractivity (Wildman–Crippen MR) is 168 cm³/mol. The van der Waals surface area contributed by atoms with Gasteiger partial charge in [0, 0.05) is 31.9 Å². The maximum absolute atomic E-state index is 13.4. The lowest BCUT2D eigenvalue weighted by molar-refractivity contribution is -0.156. The predicted octanol–water partition coefficient (Wildman–Crippen LogP) is 4.43. The molecule has 0 bridgehead atoms. The number of carbonyl (C=O) groups is 2. The molecule has 2 aromatic carbocycles. The summed E-state index contributed by atoms with van der Waals surface area (Å²) >= 11 is 0. The van der Waals surface area contributed by atoms with E-state index in [9.17, 15) is 28.2 Å². The maximum atomic E-state index is 13.4. The molecular formula is C31H44N3O7PS. The van der Waals surface area contributed by atoms with Crippen molar-refractivity contribution in [3.05, 3.63) is 70.7 Å². The molecule has 0 saturated carbocycles. The SMILES string of the molecule is CCN(Cc1cc(C(OC/C(N)=C/PCC2CCCN(C=O)C2)C(C)(C)C(=O)O)ccc1C)S(=O)(=O)c1ccccc1O. The number of sulfonamides is 1. The zero-order chi connectivity index (χ0) is 31.8. The van der Waals surface area contributed by atoms with Crippen molar-refractivity contribution in [2.45, 2.75) is 58.1 Å². The van der Waals surface area contributed by atoms with Crippen molar-refractivity contribution in [3.8, 4) is 5.75 Å². The largest absolute Gasteiger partial charge is 0.507 e. The van der Waals surface area contributed by atoms with Crippen molar-refractivity contribution in [1.82, 2.24) is 9.21 Å². The Labute approximate surface area is 256 Å². The van der Waals surface area contributed by atoms with E-state index in [4.69, 9.17) is 10.5 Å². The molecule has 3 unspecified atom stereocenters. The molecule has 1 fully saturated rings. The van der Waals surface area contributed by atoms with Crippen molar-refractivity contribution < 1.29 is 33.0 Å². The second-order valence-electron chi connectivity index (χ2n) is 11.5. The summed E-state index contributed by atoms with van der Waals surface area (Å²) in [6.45, 7) is 8.54. The van der Waals surface area contributed by atoms with Crippen LogP contribution in [0.2, 0.25) is 0 Å². The van der Waals surface area contributed by atoms with E-state index in [-0.39, 0.29) is 30.3 Å². The Hall–Kier alpha value is -2.98. The molecule has 3 rings (SSSR count). The second kappa shape index (κ2) is 15.1. The fourth-order valence-corrected chi connectivity index (χ4v) is 7.81. The summed E-state index contributed by atoms with van der Waals surface area (Å²) < 4.78 is 34.2. The van der Waals surface area contributed by atoms with Crippen LogP contribution >= 0.6 is 8.58 Å². The number of likely N-dealkylation sites (tertiary alicyclic amines) is 1. The van der Waals surface area contributed by atoms with Gasteiger partial charge in [0.1, 0.15) is 10.6 Å². The Balaban J connectivity index is 1.80. The molecule has 10 nitrogen and oxygen atoms in total. The molecule has 0 radical (unpaired) electrons. The van der Waals surface area contributed by atoms with Crippen LogP contribution in [-0.2, 0) is 30.9 Å². The Morgan fingerprint density at radius 1 is 1.28 bits per heavy atom.